The minimum atomic E-state index is 0.215. The van der Waals surface area contributed by atoms with Gasteiger partial charge in [-0.25, -0.2) is 9.97 Å². The van der Waals surface area contributed by atoms with Gasteiger partial charge in [0.05, 0.1) is 5.39 Å². The SMILES string of the molecule is CCc1nc(N[C@H]2C=C[C@@H](CO)C2)c2ccsc2n1. The number of hydrogen-bond acceptors (Lipinski definition) is 5. The van der Waals surface area contributed by atoms with Gasteiger partial charge in [0.2, 0.25) is 0 Å². The maximum atomic E-state index is 9.17. The molecule has 0 saturated heterocycles. The molecule has 0 radical (unpaired) electrons. The monoisotopic (exact) mass is 275 g/mol. The lowest BCUT2D eigenvalue weighted by Crippen LogP contribution is -2.18. The fourth-order valence-corrected chi connectivity index (χ4v) is 3.14. The highest BCUT2D eigenvalue weighted by Gasteiger charge is 2.19. The minimum absolute atomic E-state index is 0.215. The molecule has 2 atom stereocenters. The second kappa shape index (κ2) is 5.27. The summed E-state index contributed by atoms with van der Waals surface area (Å²) >= 11 is 1.64. The van der Waals surface area contributed by atoms with E-state index in [9.17, 15) is 0 Å². The Morgan fingerprint density at radius 1 is 1.42 bits per heavy atom. The van der Waals surface area contributed by atoms with Gasteiger partial charge in [-0.1, -0.05) is 19.1 Å². The number of anilines is 1. The van der Waals surface area contributed by atoms with E-state index < -0.39 is 0 Å². The summed E-state index contributed by atoms with van der Waals surface area (Å²) in [7, 11) is 0. The first kappa shape index (κ1) is 12.6. The van der Waals surface area contributed by atoms with Gasteiger partial charge in [-0.05, 0) is 17.9 Å². The first-order valence-electron chi connectivity index (χ1n) is 6.60. The number of hydrogen-bond donors (Lipinski definition) is 2. The van der Waals surface area contributed by atoms with Gasteiger partial charge in [0.1, 0.15) is 16.5 Å². The summed E-state index contributed by atoms with van der Waals surface area (Å²) in [5, 5.41) is 15.8. The second-order valence-electron chi connectivity index (χ2n) is 4.80. The van der Waals surface area contributed by atoms with Crippen molar-refractivity contribution in [3.05, 3.63) is 29.4 Å². The Balaban J connectivity index is 1.88. The van der Waals surface area contributed by atoms with Crippen LogP contribution in [0.5, 0.6) is 0 Å². The van der Waals surface area contributed by atoms with Gasteiger partial charge in [0, 0.05) is 25.0 Å². The van der Waals surface area contributed by atoms with Crippen LogP contribution in [-0.4, -0.2) is 27.7 Å². The van der Waals surface area contributed by atoms with Gasteiger partial charge in [-0.15, -0.1) is 11.3 Å². The van der Waals surface area contributed by atoms with Gasteiger partial charge in [-0.3, -0.25) is 0 Å². The van der Waals surface area contributed by atoms with E-state index in [2.05, 4.69) is 40.4 Å². The maximum absolute atomic E-state index is 9.17. The Morgan fingerprint density at radius 2 is 2.32 bits per heavy atom. The van der Waals surface area contributed by atoms with Gasteiger partial charge in [0.15, 0.2) is 0 Å². The first-order valence-corrected chi connectivity index (χ1v) is 7.48. The Hall–Kier alpha value is -1.46. The number of aliphatic hydroxyl groups is 1. The van der Waals surface area contributed by atoms with E-state index in [4.69, 9.17) is 5.11 Å². The molecule has 0 fully saturated rings. The van der Waals surface area contributed by atoms with Crippen LogP contribution < -0.4 is 5.32 Å². The predicted octanol–water partition coefficient (Wildman–Crippen LogP) is 2.60. The van der Waals surface area contributed by atoms with Gasteiger partial charge < -0.3 is 10.4 Å². The molecular formula is C14H17N3OS. The van der Waals surface area contributed by atoms with E-state index >= 15 is 0 Å². The Bertz CT molecular complexity index is 608. The van der Waals surface area contributed by atoms with Gasteiger partial charge >= 0.3 is 0 Å². The number of aryl methyl sites for hydroxylation is 1. The molecule has 1 aliphatic carbocycles. The summed E-state index contributed by atoms with van der Waals surface area (Å²) in [5.74, 6) is 2.05. The molecule has 0 bridgehead atoms. The van der Waals surface area contributed by atoms with Crippen molar-refractivity contribution in [1.82, 2.24) is 9.97 Å². The topological polar surface area (TPSA) is 58.0 Å². The summed E-state index contributed by atoms with van der Waals surface area (Å²) in [4.78, 5) is 10.2. The van der Waals surface area contributed by atoms with Crippen molar-refractivity contribution in [2.45, 2.75) is 25.8 Å². The average Bonchev–Trinajstić information content (AvgIpc) is 3.06. The van der Waals surface area contributed by atoms with Crippen LogP contribution >= 0.6 is 11.3 Å². The maximum Gasteiger partial charge on any atom is 0.138 e. The molecule has 100 valence electrons. The highest BCUT2D eigenvalue weighted by molar-refractivity contribution is 7.16. The van der Waals surface area contributed by atoms with Crippen LogP contribution in [0.15, 0.2) is 23.6 Å². The predicted molar refractivity (Wildman–Crippen MR) is 78.5 cm³/mol. The summed E-state index contributed by atoms with van der Waals surface area (Å²) in [6.45, 7) is 2.28. The van der Waals surface area contributed by atoms with Crippen molar-refractivity contribution in [2.75, 3.05) is 11.9 Å². The quantitative estimate of drug-likeness (QED) is 0.842. The van der Waals surface area contributed by atoms with E-state index in [1.165, 1.54) is 0 Å². The molecule has 4 nitrogen and oxygen atoms in total. The van der Waals surface area contributed by atoms with Gasteiger partial charge in [-0.2, -0.15) is 0 Å². The number of nitrogens with one attached hydrogen (secondary N) is 1. The Morgan fingerprint density at radius 3 is 3.05 bits per heavy atom. The average molecular weight is 275 g/mol. The Labute approximate surface area is 116 Å². The lowest BCUT2D eigenvalue weighted by molar-refractivity contribution is 0.250. The molecule has 0 spiro atoms. The standard InChI is InChI=1S/C14H17N3OS/c1-2-12-16-13(11-5-6-19-14(11)17-12)15-10-4-3-9(7-10)8-18/h3-6,9-10,18H,2,7-8H2,1H3,(H,15,16,17)/t9-,10+/m1/s1. The van der Waals surface area contributed by atoms with Crippen molar-refractivity contribution in [2.24, 2.45) is 5.92 Å². The van der Waals surface area contributed by atoms with E-state index in [-0.39, 0.29) is 18.6 Å². The number of fused-ring (bicyclic) bond motifs is 1. The van der Waals surface area contributed by atoms with E-state index in [0.717, 1.165) is 34.7 Å². The zero-order chi connectivity index (χ0) is 13.2. The molecular weight excluding hydrogens is 258 g/mol. The van der Waals surface area contributed by atoms with Crippen LogP contribution in [0, 0.1) is 5.92 Å². The van der Waals surface area contributed by atoms with Crippen LogP contribution in [-0.2, 0) is 6.42 Å². The Kier molecular flexibility index (Phi) is 3.48. The molecule has 0 unspecified atom stereocenters. The van der Waals surface area contributed by atoms with Crippen molar-refractivity contribution in [1.29, 1.82) is 0 Å². The number of aliphatic hydroxyl groups excluding tert-OH is 1. The van der Waals surface area contributed by atoms with Crippen molar-refractivity contribution in [3.63, 3.8) is 0 Å². The van der Waals surface area contributed by atoms with Gasteiger partial charge in [0.25, 0.3) is 0 Å². The van der Waals surface area contributed by atoms with E-state index in [1.54, 1.807) is 11.3 Å². The lowest BCUT2D eigenvalue weighted by atomic mass is 10.1. The number of rotatable bonds is 4. The molecule has 19 heavy (non-hydrogen) atoms. The molecule has 0 aromatic carbocycles. The molecule has 2 aromatic heterocycles. The number of aromatic nitrogens is 2. The largest absolute Gasteiger partial charge is 0.396 e. The highest BCUT2D eigenvalue weighted by Crippen LogP contribution is 2.28. The molecule has 2 aromatic rings. The van der Waals surface area contributed by atoms with Crippen LogP contribution in [0.25, 0.3) is 10.2 Å². The van der Waals surface area contributed by atoms with Crippen LogP contribution in [0.4, 0.5) is 5.82 Å². The van der Waals surface area contributed by atoms with E-state index in [0.29, 0.717) is 0 Å². The summed E-state index contributed by atoms with van der Waals surface area (Å²) in [5.41, 5.74) is 0. The third-order valence-corrected chi connectivity index (χ3v) is 4.22. The summed E-state index contributed by atoms with van der Waals surface area (Å²) in [6, 6.07) is 2.31. The molecule has 5 heteroatoms. The number of thiophene rings is 1. The van der Waals surface area contributed by atoms with Crippen molar-refractivity contribution < 1.29 is 5.11 Å². The fourth-order valence-electron chi connectivity index (χ4n) is 2.36. The van der Waals surface area contributed by atoms with Crippen LogP contribution in [0.1, 0.15) is 19.2 Å². The molecule has 2 heterocycles. The summed E-state index contributed by atoms with van der Waals surface area (Å²) < 4.78 is 0. The first-order chi connectivity index (χ1) is 9.30. The van der Waals surface area contributed by atoms with Crippen LogP contribution in [0.3, 0.4) is 0 Å². The van der Waals surface area contributed by atoms with Crippen molar-refractivity contribution >= 4 is 27.4 Å². The van der Waals surface area contributed by atoms with E-state index in [1.807, 2.05) is 5.38 Å². The fraction of sp³-hybridized carbons (Fsp3) is 0.429. The third kappa shape index (κ3) is 2.48. The molecule has 1 aliphatic rings. The molecule has 0 aliphatic heterocycles. The number of nitrogens with zero attached hydrogens (tertiary/aromatic N) is 2. The van der Waals surface area contributed by atoms with Crippen LogP contribution in [0.2, 0.25) is 0 Å². The molecule has 0 amide bonds. The zero-order valence-electron chi connectivity index (χ0n) is 10.8. The molecule has 2 N–H and O–H groups in total. The zero-order valence-corrected chi connectivity index (χ0v) is 11.7. The lowest BCUT2D eigenvalue weighted by Gasteiger charge is -2.14. The van der Waals surface area contributed by atoms with Crippen molar-refractivity contribution in [3.8, 4) is 0 Å². The second-order valence-corrected chi connectivity index (χ2v) is 5.69. The minimum Gasteiger partial charge on any atom is -0.396 e. The third-order valence-electron chi connectivity index (χ3n) is 3.42. The molecule has 3 rings (SSSR count). The highest BCUT2D eigenvalue weighted by atomic mass is 32.1. The smallest absolute Gasteiger partial charge is 0.138 e. The normalized spacial score (nSPS) is 22.2. The molecule has 0 saturated carbocycles. The summed E-state index contributed by atoms with van der Waals surface area (Å²) in [6.07, 6.45) is 5.95.